The fraction of sp³-hybridized carbons (Fsp3) is 0.571. The van der Waals surface area contributed by atoms with Gasteiger partial charge in [0.2, 0.25) is 0 Å². The highest BCUT2D eigenvalue weighted by Gasteiger charge is 2.33. The zero-order valence-electron chi connectivity index (χ0n) is 11.3. The van der Waals surface area contributed by atoms with Crippen LogP contribution < -0.4 is 5.32 Å². The van der Waals surface area contributed by atoms with E-state index in [0.717, 1.165) is 18.9 Å². The van der Waals surface area contributed by atoms with Crippen molar-refractivity contribution in [2.45, 2.75) is 45.8 Å². The number of anilines is 1. The minimum atomic E-state index is -4.34. The average Bonchev–Trinajstić information content (AvgIpc) is 2.27. The first-order valence-corrected chi connectivity index (χ1v) is 7.12. The van der Waals surface area contributed by atoms with Gasteiger partial charge in [0.15, 0.2) is 0 Å². The minimum Gasteiger partial charge on any atom is -0.383 e. The minimum absolute atomic E-state index is 0.0698. The van der Waals surface area contributed by atoms with E-state index in [4.69, 9.17) is 0 Å². The molecule has 5 heteroatoms. The molecule has 0 aliphatic carbocycles. The van der Waals surface area contributed by atoms with Crippen molar-refractivity contribution >= 4 is 21.6 Å². The number of alkyl halides is 3. The van der Waals surface area contributed by atoms with Gasteiger partial charge < -0.3 is 5.32 Å². The SMILES string of the molecule is CC(C)CCC(C)Nc1ccc(Br)c(C(F)(F)F)c1. The first kappa shape index (κ1) is 16.3. The Balaban J connectivity index is 2.75. The highest BCUT2D eigenvalue weighted by Crippen LogP contribution is 2.36. The van der Waals surface area contributed by atoms with Crippen molar-refractivity contribution in [1.82, 2.24) is 0 Å². The molecule has 19 heavy (non-hydrogen) atoms. The van der Waals surface area contributed by atoms with Crippen molar-refractivity contribution in [3.63, 3.8) is 0 Å². The van der Waals surface area contributed by atoms with Crippen molar-refractivity contribution in [3.05, 3.63) is 28.2 Å². The van der Waals surface area contributed by atoms with E-state index in [0.29, 0.717) is 11.6 Å². The van der Waals surface area contributed by atoms with E-state index in [2.05, 4.69) is 35.1 Å². The Morgan fingerprint density at radius 3 is 2.32 bits per heavy atom. The van der Waals surface area contributed by atoms with E-state index in [1.807, 2.05) is 6.92 Å². The van der Waals surface area contributed by atoms with Gasteiger partial charge in [-0.25, -0.2) is 0 Å². The number of benzene rings is 1. The van der Waals surface area contributed by atoms with E-state index in [9.17, 15) is 13.2 Å². The summed E-state index contributed by atoms with van der Waals surface area (Å²) in [5.41, 5.74) is -0.139. The third kappa shape index (κ3) is 5.43. The maximum atomic E-state index is 12.8. The predicted molar refractivity (Wildman–Crippen MR) is 76.3 cm³/mol. The van der Waals surface area contributed by atoms with Crippen molar-refractivity contribution in [2.75, 3.05) is 5.32 Å². The summed E-state index contributed by atoms with van der Waals surface area (Å²) in [6.45, 7) is 6.25. The van der Waals surface area contributed by atoms with E-state index < -0.39 is 11.7 Å². The number of halogens is 4. The van der Waals surface area contributed by atoms with Crippen LogP contribution in [0.25, 0.3) is 0 Å². The molecule has 1 N–H and O–H groups in total. The van der Waals surface area contributed by atoms with Gasteiger partial charge in [0.25, 0.3) is 0 Å². The summed E-state index contributed by atoms with van der Waals surface area (Å²) in [7, 11) is 0. The van der Waals surface area contributed by atoms with Crippen molar-refractivity contribution in [3.8, 4) is 0 Å². The lowest BCUT2D eigenvalue weighted by Crippen LogP contribution is -2.16. The average molecular weight is 338 g/mol. The Labute approximate surface area is 120 Å². The molecule has 1 atom stereocenters. The molecule has 0 aliphatic heterocycles. The van der Waals surface area contributed by atoms with E-state index in [1.165, 1.54) is 6.07 Å². The molecule has 1 aromatic carbocycles. The summed E-state index contributed by atoms with van der Waals surface area (Å²) >= 11 is 2.93. The fourth-order valence-corrected chi connectivity index (χ4v) is 2.24. The quantitative estimate of drug-likeness (QED) is 0.726. The van der Waals surface area contributed by atoms with Crippen LogP contribution in [-0.2, 0) is 6.18 Å². The molecular weight excluding hydrogens is 319 g/mol. The van der Waals surface area contributed by atoms with Crippen molar-refractivity contribution in [2.24, 2.45) is 5.92 Å². The zero-order chi connectivity index (χ0) is 14.6. The topological polar surface area (TPSA) is 12.0 Å². The summed E-state index contributed by atoms with van der Waals surface area (Å²) in [5.74, 6) is 0.597. The molecule has 1 nitrogen and oxygen atoms in total. The molecular formula is C14H19BrF3N. The van der Waals surface area contributed by atoms with Gasteiger partial charge in [0.1, 0.15) is 0 Å². The van der Waals surface area contributed by atoms with Crippen LogP contribution >= 0.6 is 15.9 Å². The van der Waals surface area contributed by atoms with Gasteiger partial charge in [-0.15, -0.1) is 0 Å². The molecule has 0 aromatic heterocycles. The van der Waals surface area contributed by atoms with Crippen LogP contribution in [-0.4, -0.2) is 6.04 Å². The van der Waals surface area contributed by atoms with Crippen molar-refractivity contribution in [1.29, 1.82) is 0 Å². The number of rotatable bonds is 5. The molecule has 1 aromatic rings. The number of hydrogen-bond donors (Lipinski definition) is 1. The maximum Gasteiger partial charge on any atom is 0.417 e. The first-order valence-electron chi connectivity index (χ1n) is 6.33. The molecule has 0 radical (unpaired) electrons. The summed E-state index contributed by atoms with van der Waals surface area (Å²) in [6, 6.07) is 4.39. The van der Waals surface area contributed by atoms with Crippen LogP contribution in [0.2, 0.25) is 0 Å². The van der Waals surface area contributed by atoms with E-state index in [-0.39, 0.29) is 10.5 Å². The van der Waals surface area contributed by atoms with Gasteiger partial charge in [0.05, 0.1) is 5.56 Å². The van der Waals surface area contributed by atoms with Gasteiger partial charge in [0, 0.05) is 16.2 Å². The van der Waals surface area contributed by atoms with E-state index >= 15 is 0 Å². The Morgan fingerprint density at radius 1 is 1.16 bits per heavy atom. The summed E-state index contributed by atoms with van der Waals surface area (Å²) < 4.78 is 38.4. The summed E-state index contributed by atoms with van der Waals surface area (Å²) in [6.07, 6.45) is -2.34. The lowest BCUT2D eigenvalue weighted by Gasteiger charge is -2.18. The van der Waals surface area contributed by atoms with Gasteiger partial charge in [-0.3, -0.25) is 0 Å². The van der Waals surface area contributed by atoms with Crippen LogP contribution in [0.15, 0.2) is 22.7 Å². The largest absolute Gasteiger partial charge is 0.417 e. The Kier molecular flexibility index (Phi) is 5.71. The number of hydrogen-bond acceptors (Lipinski definition) is 1. The van der Waals surface area contributed by atoms with Crippen molar-refractivity contribution < 1.29 is 13.2 Å². The van der Waals surface area contributed by atoms with Gasteiger partial charge in [-0.05, 0) is 43.9 Å². The van der Waals surface area contributed by atoms with Crippen LogP contribution in [0, 0.1) is 5.92 Å². The number of nitrogens with one attached hydrogen (secondary N) is 1. The van der Waals surface area contributed by atoms with Gasteiger partial charge in [-0.2, -0.15) is 13.2 Å². The van der Waals surface area contributed by atoms with Crippen LogP contribution in [0.4, 0.5) is 18.9 Å². The first-order chi connectivity index (χ1) is 8.70. The third-order valence-electron chi connectivity index (χ3n) is 2.86. The van der Waals surface area contributed by atoms with Crippen LogP contribution in [0.5, 0.6) is 0 Å². The fourth-order valence-electron chi connectivity index (χ4n) is 1.77. The van der Waals surface area contributed by atoms with E-state index in [1.54, 1.807) is 6.07 Å². The van der Waals surface area contributed by atoms with Gasteiger partial charge in [-0.1, -0.05) is 29.8 Å². The standard InChI is InChI=1S/C14H19BrF3N/c1-9(2)4-5-10(3)19-11-6-7-13(15)12(8-11)14(16,17)18/h6-10,19H,4-5H2,1-3H3. The van der Waals surface area contributed by atoms with Crippen LogP contribution in [0.3, 0.4) is 0 Å². The molecule has 0 aliphatic rings. The van der Waals surface area contributed by atoms with Gasteiger partial charge >= 0.3 is 6.18 Å². The molecule has 0 fully saturated rings. The second-order valence-electron chi connectivity index (χ2n) is 5.21. The third-order valence-corrected chi connectivity index (χ3v) is 3.55. The molecule has 0 saturated heterocycles. The summed E-state index contributed by atoms with van der Waals surface area (Å²) in [5, 5.41) is 3.12. The predicted octanol–water partition coefficient (Wildman–Crippen LogP) is 5.70. The van der Waals surface area contributed by atoms with Crippen LogP contribution in [0.1, 0.15) is 39.2 Å². The molecule has 1 rings (SSSR count). The normalized spacial score (nSPS) is 13.7. The highest BCUT2D eigenvalue weighted by molar-refractivity contribution is 9.10. The monoisotopic (exact) mass is 337 g/mol. The highest BCUT2D eigenvalue weighted by atomic mass is 79.9. The molecule has 0 saturated carbocycles. The molecule has 0 amide bonds. The zero-order valence-corrected chi connectivity index (χ0v) is 12.9. The summed E-state index contributed by atoms with van der Waals surface area (Å²) in [4.78, 5) is 0. The lowest BCUT2D eigenvalue weighted by atomic mass is 10.0. The Morgan fingerprint density at radius 2 is 1.79 bits per heavy atom. The second kappa shape index (κ2) is 6.64. The molecule has 0 spiro atoms. The molecule has 1 unspecified atom stereocenters. The Hall–Kier alpha value is -0.710. The molecule has 0 heterocycles. The maximum absolute atomic E-state index is 12.8. The molecule has 108 valence electrons. The second-order valence-corrected chi connectivity index (χ2v) is 6.06. The lowest BCUT2D eigenvalue weighted by molar-refractivity contribution is -0.138. The smallest absolute Gasteiger partial charge is 0.383 e. The Bertz CT molecular complexity index is 416. The molecule has 0 bridgehead atoms.